The Morgan fingerprint density at radius 3 is 2.55 bits per heavy atom. The van der Waals surface area contributed by atoms with E-state index in [1.165, 1.54) is 7.11 Å². The Bertz CT molecular complexity index is 1150. The van der Waals surface area contributed by atoms with Gasteiger partial charge in [0.2, 0.25) is 5.95 Å². The molecule has 3 aromatic carbocycles. The Hall–Kier alpha value is -3.80. The maximum Gasteiger partial charge on any atom is 0.223 e. The quantitative estimate of drug-likeness (QED) is 0.502. The first-order valence-corrected chi connectivity index (χ1v) is 9.21. The van der Waals surface area contributed by atoms with Crippen molar-refractivity contribution in [3.05, 3.63) is 72.3 Å². The number of benzene rings is 3. The van der Waals surface area contributed by atoms with Crippen LogP contribution in [0.1, 0.15) is 5.56 Å². The van der Waals surface area contributed by atoms with Crippen molar-refractivity contribution < 1.29 is 14.6 Å². The highest BCUT2D eigenvalue weighted by Crippen LogP contribution is 2.36. The molecule has 0 aliphatic carbocycles. The monoisotopic (exact) mass is 387 g/mol. The van der Waals surface area contributed by atoms with Gasteiger partial charge in [-0.3, -0.25) is 0 Å². The van der Waals surface area contributed by atoms with Crippen LogP contribution in [0.25, 0.3) is 22.2 Å². The number of anilines is 1. The highest BCUT2D eigenvalue weighted by atomic mass is 16.5. The number of hydrogen-bond donors (Lipinski definition) is 2. The number of ether oxygens (including phenoxy) is 2. The summed E-state index contributed by atoms with van der Waals surface area (Å²) in [6.45, 7) is 0.481. The number of aromatic nitrogens is 2. The fraction of sp³-hybridized carbons (Fsp3) is 0.130. The number of nitrogens with zero attached hydrogens (tertiary/aromatic N) is 2. The molecule has 0 saturated heterocycles. The van der Waals surface area contributed by atoms with Gasteiger partial charge in [0, 0.05) is 24.1 Å². The van der Waals surface area contributed by atoms with E-state index in [0.29, 0.717) is 29.5 Å². The second kappa shape index (κ2) is 8.06. The van der Waals surface area contributed by atoms with Crippen LogP contribution >= 0.6 is 0 Å². The lowest BCUT2D eigenvalue weighted by Crippen LogP contribution is -2.00. The maximum atomic E-state index is 10.3. The molecule has 1 aromatic heterocycles. The summed E-state index contributed by atoms with van der Waals surface area (Å²) in [5.41, 5.74) is 3.33. The minimum absolute atomic E-state index is 0.0403. The van der Waals surface area contributed by atoms with Crippen LogP contribution in [-0.4, -0.2) is 29.2 Å². The van der Waals surface area contributed by atoms with Crippen molar-refractivity contribution in [3.63, 3.8) is 0 Å². The molecule has 0 unspecified atom stereocenters. The fourth-order valence-electron chi connectivity index (χ4n) is 3.11. The zero-order chi connectivity index (χ0) is 20.2. The largest absolute Gasteiger partial charge is 0.504 e. The number of methoxy groups -OCH3 is 1. The number of rotatable bonds is 6. The molecule has 146 valence electrons. The Labute approximate surface area is 168 Å². The zero-order valence-electron chi connectivity index (χ0n) is 16.2. The van der Waals surface area contributed by atoms with E-state index in [0.717, 1.165) is 22.3 Å². The second-order valence-corrected chi connectivity index (χ2v) is 6.49. The van der Waals surface area contributed by atoms with Crippen LogP contribution in [0.4, 0.5) is 5.95 Å². The van der Waals surface area contributed by atoms with E-state index >= 15 is 0 Å². The normalized spacial score (nSPS) is 10.7. The molecule has 0 spiro atoms. The van der Waals surface area contributed by atoms with E-state index in [1.54, 1.807) is 19.2 Å². The first-order chi connectivity index (χ1) is 14.2. The van der Waals surface area contributed by atoms with Crippen LogP contribution in [0.15, 0.2) is 66.7 Å². The lowest BCUT2D eigenvalue weighted by atomic mass is 10.1. The fourth-order valence-corrected chi connectivity index (χ4v) is 3.11. The number of aromatic hydroxyl groups is 1. The Kier molecular flexibility index (Phi) is 5.16. The molecule has 0 radical (unpaired) electrons. The highest BCUT2D eigenvalue weighted by molar-refractivity contribution is 5.95. The summed E-state index contributed by atoms with van der Waals surface area (Å²) >= 11 is 0. The molecule has 6 heteroatoms. The molecule has 0 aliphatic rings. The minimum Gasteiger partial charge on any atom is -0.504 e. The molecule has 0 saturated carbocycles. The van der Waals surface area contributed by atoms with E-state index in [9.17, 15) is 5.11 Å². The topological polar surface area (TPSA) is 76.5 Å². The van der Waals surface area contributed by atoms with Crippen molar-refractivity contribution in [3.8, 4) is 28.5 Å². The molecule has 0 bridgehead atoms. The minimum atomic E-state index is 0.0403. The number of fused-ring (bicyclic) bond motifs is 1. The standard InChI is InChI=1S/C23H21N3O3/c1-24-23-25-19-13-21(28-2)20(27)12-18(19)22(26-23)16-9-6-10-17(11-16)29-14-15-7-4-3-5-8-15/h3-13,27H,14H2,1-2H3,(H,24,25,26). The van der Waals surface area contributed by atoms with Gasteiger partial charge in [-0.1, -0.05) is 42.5 Å². The van der Waals surface area contributed by atoms with Crippen molar-refractivity contribution in [2.24, 2.45) is 0 Å². The van der Waals surface area contributed by atoms with Crippen LogP contribution in [0.3, 0.4) is 0 Å². The van der Waals surface area contributed by atoms with Gasteiger partial charge in [-0.15, -0.1) is 0 Å². The van der Waals surface area contributed by atoms with Crippen molar-refractivity contribution in [1.29, 1.82) is 0 Å². The van der Waals surface area contributed by atoms with Gasteiger partial charge < -0.3 is 19.9 Å². The SMILES string of the molecule is CNc1nc(-c2cccc(OCc3ccccc3)c2)c2cc(O)c(OC)cc2n1. The van der Waals surface area contributed by atoms with Crippen molar-refractivity contribution in [2.75, 3.05) is 19.5 Å². The van der Waals surface area contributed by atoms with Crippen LogP contribution in [-0.2, 0) is 6.61 Å². The Morgan fingerprint density at radius 1 is 0.966 bits per heavy atom. The summed E-state index contributed by atoms with van der Waals surface area (Å²) in [4.78, 5) is 9.10. The predicted octanol–water partition coefficient (Wildman–Crippen LogP) is 4.63. The number of hydrogen-bond acceptors (Lipinski definition) is 6. The molecule has 6 nitrogen and oxygen atoms in total. The second-order valence-electron chi connectivity index (χ2n) is 6.49. The third-order valence-electron chi connectivity index (χ3n) is 4.58. The summed E-state index contributed by atoms with van der Waals surface area (Å²) in [6.07, 6.45) is 0. The molecular formula is C23H21N3O3. The number of phenols is 1. The average molecular weight is 387 g/mol. The van der Waals surface area contributed by atoms with Gasteiger partial charge >= 0.3 is 0 Å². The zero-order valence-corrected chi connectivity index (χ0v) is 16.2. The van der Waals surface area contributed by atoms with E-state index in [2.05, 4.69) is 15.3 Å². The van der Waals surface area contributed by atoms with Gasteiger partial charge in [0.1, 0.15) is 12.4 Å². The summed E-state index contributed by atoms with van der Waals surface area (Å²) in [6, 6.07) is 21.1. The molecule has 0 aliphatic heterocycles. The molecule has 1 heterocycles. The number of phenolic OH excluding ortho intramolecular Hbond substituents is 1. The smallest absolute Gasteiger partial charge is 0.223 e. The molecule has 0 atom stereocenters. The van der Waals surface area contributed by atoms with E-state index < -0.39 is 0 Å². The third kappa shape index (κ3) is 3.91. The first-order valence-electron chi connectivity index (χ1n) is 9.21. The van der Waals surface area contributed by atoms with Gasteiger partial charge in [-0.25, -0.2) is 9.97 Å². The summed E-state index contributed by atoms with van der Waals surface area (Å²) in [7, 11) is 3.28. The van der Waals surface area contributed by atoms with Gasteiger partial charge in [0.25, 0.3) is 0 Å². The van der Waals surface area contributed by atoms with Gasteiger partial charge in [-0.05, 0) is 23.8 Å². The molecule has 0 fully saturated rings. The Morgan fingerprint density at radius 2 is 1.79 bits per heavy atom. The third-order valence-corrected chi connectivity index (χ3v) is 4.58. The lowest BCUT2D eigenvalue weighted by Gasteiger charge is -2.12. The van der Waals surface area contributed by atoms with Gasteiger partial charge in [0.05, 0.1) is 18.3 Å². The molecule has 4 rings (SSSR count). The highest BCUT2D eigenvalue weighted by Gasteiger charge is 2.14. The van der Waals surface area contributed by atoms with Gasteiger partial charge in [0.15, 0.2) is 11.5 Å². The summed E-state index contributed by atoms with van der Waals surface area (Å²) in [5.74, 6) is 1.63. The molecule has 4 aromatic rings. The maximum absolute atomic E-state index is 10.3. The first kappa shape index (κ1) is 18.6. The van der Waals surface area contributed by atoms with E-state index in [1.807, 2.05) is 54.6 Å². The molecule has 29 heavy (non-hydrogen) atoms. The summed E-state index contributed by atoms with van der Waals surface area (Å²) < 4.78 is 11.2. The van der Waals surface area contributed by atoms with Crippen LogP contribution in [0.5, 0.6) is 17.2 Å². The van der Waals surface area contributed by atoms with Crippen LogP contribution in [0.2, 0.25) is 0 Å². The van der Waals surface area contributed by atoms with Gasteiger partial charge in [-0.2, -0.15) is 0 Å². The lowest BCUT2D eigenvalue weighted by molar-refractivity contribution is 0.306. The van der Waals surface area contributed by atoms with Crippen LogP contribution < -0.4 is 14.8 Å². The van der Waals surface area contributed by atoms with E-state index in [-0.39, 0.29) is 5.75 Å². The molecule has 2 N–H and O–H groups in total. The Balaban J connectivity index is 1.74. The summed E-state index contributed by atoms with van der Waals surface area (Å²) in [5, 5.41) is 14.0. The number of nitrogens with one attached hydrogen (secondary N) is 1. The molecular weight excluding hydrogens is 366 g/mol. The predicted molar refractivity (Wildman–Crippen MR) is 114 cm³/mol. The molecule has 0 amide bonds. The van der Waals surface area contributed by atoms with Crippen molar-refractivity contribution >= 4 is 16.9 Å². The van der Waals surface area contributed by atoms with Crippen molar-refractivity contribution in [2.45, 2.75) is 6.61 Å². The van der Waals surface area contributed by atoms with Crippen molar-refractivity contribution in [1.82, 2.24) is 9.97 Å². The van der Waals surface area contributed by atoms with E-state index in [4.69, 9.17) is 9.47 Å². The average Bonchev–Trinajstić information content (AvgIpc) is 2.77. The van der Waals surface area contributed by atoms with Crippen LogP contribution in [0, 0.1) is 0 Å².